The smallest absolute Gasteiger partial charge is 0.356 e. The molecule has 4 nitrogen and oxygen atoms in total. The first-order valence-corrected chi connectivity index (χ1v) is 5.16. The van der Waals surface area contributed by atoms with Crippen LogP contribution < -0.4 is 0 Å². The molecule has 0 amide bonds. The molecule has 1 aromatic rings. The molecule has 0 spiro atoms. The van der Waals surface area contributed by atoms with Gasteiger partial charge in [-0.15, -0.1) is 0 Å². The first-order chi connectivity index (χ1) is 6.06. The van der Waals surface area contributed by atoms with Crippen molar-refractivity contribution in [2.24, 2.45) is 0 Å². The molecule has 0 aromatic carbocycles. The predicted molar refractivity (Wildman–Crippen MR) is 51.4 cm³/mol. The summed E-state index contributed by atoms with van der Waals surface area (Å²) in [7, 11) is 0. The molecule has 0 saturated carbocycles. The summed E-state index contributed by atoms with van der Waals surface area (Å²) >= 11 is 1.41. The van der Waals surface area contributed by atoms with Crippen molar-refractivity contribution in [2.75, 3.05) is 6.26 Å². The fourth-order valence-electron chi connectivity index (χ4n) is 1.04. The molecule has 1 aromatic heterocycles. The first kappa shape index (κ1) is 10.1. The lowest BCUT2D eigenvalue weighted by Crippen LogP contribution is -2.02. The fraction of sp³-hybridized carbons (Fsp3) is 0.500. The molecular weight excluding hydrogens is 188 g/mol. The lowest BCUT2D eigenvalue weighted by Gasteiger charge is -2.00. The maximum Gasteiger partial charge on any atom is 0.356 e. The molecule has 0 bridgehead atoms. The van der Waals surface area contributed by atoms with Crippen LogP contribution in [-0.2, 0) is 0 Å². The molecule has 0 aliphatic rings. The number of rotatable bonds is 3. The molecule has 5 heteroatoms. The standard InChI is InChI=1S/C8H12N2O2S/c1-4(2)5-6(7(11)12)10-8(9-5)13-3/h4H,1-3H3,(H,9,10)(H,11,12). The lowest BCUT2D eigenvalue weighted by atomic mass is 10.1. The van der Waals surface area contributed by atoms with Crippen molar-refractivity contribution in [3.05, 3.63) is 11.4 Å². The second-order valence-electron chi connectivity index (χ2n) is 2.97. The van der Waals surface area contributed by atoms with Gasteiger partial charge in [-0.25, -0.2) is 9.78 Å². The van der Waals surface area contributed by atoms with Crippen LogP contribution in [0.1, 0.15) is 35.9 Å². The normalized spacial score (nSPS) is 10.8. The van der Waals surface area contributed by atoms with Gasteiger partial charge in [0.1, 0.15) is 0 Å². The van der Waals surface area contributed by atoms with Gasteiger partial charge in [0.25, 0.3) is 0 Å². The fourth-order valence-corrected chi connectivity index (χ4v) is 1.44. The van der Waals surface area contributed by atoms with Gasteiger partial charge in [-0.1, -0.05) is 25.6 Å². The van der Waals surface area contributed by atoms with Crippen LogP contribution in [0.5, 0.6) is 0 Å². The molecule has 1 rings (SSSR count). The molecule has 0 aliphatic carbocycles. The molecule has 1 heterocycles. The predicted octanol–water partition coefficient (Wildman–Crippen LogP) is 1.95. The van der Waals surface area contributed by atoms with Crippen LogP contribution >= 0.6 is 11.8 Å². The summed E-state index contributed by atoms with van der Waals surface area (Å²) in [6.45, 7) is 3.87. The van der Waals surface area contributed by atoms with Gasteiger partial charge in [-0.3, -0.25) is 0 Å². The van der Waals surface area contributed by atoms with Gasteiger partial charge in [0, 0.05) is 0 Å². The molecule has 0 radical (unpaired) electrons. The zero-order chi connectivity index (χ0) is 10.0. The maximum absolute atomic E-state index is 10.8. The van der Waals surface area contributed by atoms with E-state index in [2.05, 4.69) is 9.97 Å². The first-order valence-electron chi connectivity index (χ1n) is 3.93. The summed E-state index contributed by atoms with van der Waals surface area (Å²) in [5.74, 6) is -0.820. The van der Waals surface area contributed by atoms with Gasteiger partial charge >= 0.3 is 5.97 Å². The minimum atomic E-state index is -0.972. The molecule has 0 saturated heterocycles. The Morgan fingerprint density at radius 3 is 2.54 bits per heavy atom. The molecule has 0 atom stereocenters. The summed E-state index contributed by atoms with van der Waals surface area (Å²) in [5, 5.41) is 9.49. The summed E-state index contributed by atoms with van der Waals surface area (Å²) < 4.78 is 0. The number of aromatic amines is 1. The number of H-pyrrole nitrogens is 1. The number of aromatic nitrogens is 2. The Hall–Kier alpha value is -0.970. The summed E-state index contributed by atoms with van der Waals surface area (Å²) in [6.07, 6.45) is 1.86. The number of carbonyl (C=O) groups is 1. The van der Waals surface area contributed by atoms with Crippen LogP contribution in [0.4, 0.5) is 0 Å². The zero-order valence-corrected chi connectivity index (χ0v) is 8.60. The Kier molecular flexibility index (Phi) is 2.98. The van der Waals surface area contributed by atoms with E-state index in [-0.39, 0.29) is 11.6 Å². The SMILES string of the molecule is CSc1nc(C(=O)O)c(C(C)C)[nH]1. The highest BCUT2D eigenvalue weighted by atomic mass is 32.2. The van der Waals surface area contributed by atoms with E-state index in [4.69, 9.17) is 5.11 Å². The number of nitrogens with zero attached hydrogens (tertiary/aromatic N) is 1. The van der Waals surface area contributed by atoms with Crippen molar-refractivity contribution in [1.29, 1.82) is 0 Å². The maximum atomic E-state index is 10.8. The van der Waals surface area contributed by atoms with E-state index in [1.165, 1.54) is 11.8 Å². The second kappa shape index (κ2) is 3.83. The number of nitrogens with one attached hydrogen (secondary N) is 1. The van der Waals surface area contributed by atoms with Gasteiger partial charge in [-0.05, 0) is 12.2 Å². The van der Waals surface area contributed by atoms with E-state index in [1.54, 1.807) is 0 Å². The number of carboxylic acid groups (broad SMARTS) is 1. The number of hydrogen-bond acceptors (Lipinski definition) is 3. The third kappa shape index (κ3) is 2.03. The monoisotopic (exact) mass is 200 g/mol. The van der Waals surface area contributed by atoms with Crippen molar-refractivity contribution >= 4 is 17.7 Å². The van der Waals surface area contributed by atoms with Crippen LogP contribution in [0.2, 0.25) is 0 Å². The van der Waals surface area contributed by atoms with Gasteiger partial charge < -0.3 is 10.1 Å². The topological polar surface area (TPSA) is 66.0 Å². The van der Waals surface area contributed by atoms with Crippen LogP contribution in [0.15, 0.2) is 5.16 Å². The number of imidazole rings is 1. The van der Waals surface area contributed by atoms with Gasteiger partial charge in [0.15, 0.2) is 10.9 Å². The van der Waals surface area contributed by atoms with E-state index < -0.39 is 5.97 Å². The van der Waals surface area contributed by atoms with Crippen molar-refractivity contribution in [2.45, 2.75) is 24.9 Å². The number of hydrogen-bond donors (Lipinski definition) is 2. The van der Waals surface area contributed by atoms with Crippen LogP contribution in [0.25, 0.3) is 0 Å². The molecule has 13 heavy (non-hydrogen) atoms. The van der Waals surface area contributed by atoms with Crippen molar-refractivity contribution in [3.63, 3.8) is 0 Å². The molecule has 0 aliphatic heterocycles. The van der Waals surface area contributed by atoms with E-state index in [0.717, 1.165) is 0 Å². The van der Waals surface area contributed by atoms with Gasteiger partial charge in [-0.2, -0.15) is 0 Å². The Morgan fingerprint density at radius 2 is 2.23 bits per heavy atom. The molecule has 72 valence electrons. The van der Waals surface area contributed by atoms with Crippen molar-refractivity contribution in [3.8, 4) is 0 Å². The Labute approximate surface area is 80.8 Å². The number of thioether (sulfide) groups is 1. The third-order valence-corrected chi connectivity index (χ3v) is 2.26. The average molecular weight is 200 g/mol. The van der Waals surface area contributed by atoms with Crippen LogP contribution in [0, 0.1) is 0 Å². The van der Waals surface area contributed by atoms with Gasteiger partial charge in [0.2, 0.25) is 0 Å². The largest absolute Gasteiger partial charge is 0.476 e. The molecule has 0 fully saturated rings. The van der Waals surface area contributed by atoms with Crippen molar-refractivity contribution < 1.29 is 9.90 Å². The average Bonchev–Trinajstić information content (AvgIpc) is 2.47. The van der Waals surface area contributed by atoms with E-state index in [0.29, 0.717) is 10.9 Å². The van der Waals surface area contributed by atoms with E-state index in [1.807, 2.05) is 20.1 Å². The molecular formula is C8H12N2O2S. The van der Waals surface area contributed by atoms with Gasteiger partial charge in [0.05, 0.1) is 5.69 Å². The second-order valence-corrected chi connectivity index (χ2v) is 3.76. The summed E-state index contributed by atoms with van der Waals surface area (Å²) in [5.41, 5.74) is 0.830. The summed E-state index contributed by atoms with van der Waals surface area (Å²) in [6, 6.07) is 0. The molecule has 0 unspecified atom stereocenters. The van der Waals surface area contributed by atoms with E-state index in [9.17, 15) is 4.79 Å². The highest BCUT2D eigenvalue weighted by Crippen LogP contribution is 2.20. The number of aromatic carboxylic acids is 1. The highest BCUT2D eigenvalue weighted by molar-refractivity contribution is 7.98. The Morgan fingerprint density at radius 1 is 1.62 bits per heavy atom. The Balaban J connectivity index is 3.15. The Bertz CT molecular complexity index is 320. The van der Waals surface area contributed by atoms with E-state index >= 15 is 0 Å². The third-order valence-electron chi connectivity index (χ3n) is 1.68. The minimum Gasteiger partial charge on any atom is -0.476 e. The highest BCUT2D eigenvalue weighted by Gasteiger charge is 2.18. The zero-order valence-electron chi connectivity index (χ0n) is 7.79. The quantitative estimate of drug-likeness (QED) is 0.732. The minimum absolute atomic E-state index is 0.138. The van der Waals surface area contributed by atoms with Crippen LogP contribution in [0.3, 0.4) is 0 Å². The van der Waals surface area contributed by atoms with Crippen molar-refractivity contribution in [1.82, 2.24) is 9.97 Å². The lowest BCUT2D eigenvalue weighted by molar-refractivity contribution is 0.0689. The number of carboxylic acids is 1. The summed E-state index contributed by atoms with van der Waals surface area (Å²) in [4.78, 5) is 17.7. The molecule has 2 N–H and O–H groups in total. The van der Waals surface area contributed by atoms with Crippen LogP contribution in [-0.4, -0.2) is 27.3 Å².